The molecule has 0 saturated carbocycles. The molecule has 0 aliphatic carbocycles. The van der Waals surface area contributed by atoms with E-state index in [9.17, 15) is 17.2 Å². The van der Waals surface area contributed by atoms with E-state index in [0.29, 0.717) is 10.1 Å². The molecule has 2 aromatic rings. The third-order valence-corrected chi connectivity index (χ3v) is 4.02. The van der Waals surface area contributed by atoms with Gasteiger partial charge in [0.1, 0.15) is 17.3 Å². The Bertz CT molecular complexity index is 747. The van der Waals surface area contributed by atoms with Crippen molar-refractivity contribution in [3.05, 3.63) is 42.0 Å². The van der Waals surface area contributed by atoms with Crippen molar-refractivity contribution >= 4 is 19.7 Å². The van der Waals surface area contributed by atoms with Crippen molar-refractivity contribution in [2.45, 2.75) is 25.0 Å². The standard InChI is InChI=1S/C12H11ClF2N2O3S/c1-8-2-3-9(10(6-8)21(13,18)19)20-7-11-16-4-5-17(11)12(14)15/h2-6,12H,7H2,1H3. The highest BCUT2D eigenvalue weighted by molar-refractivity contribution is 8.13. The highest BCUT2D eigenvalue weighted by Crippen LogP contribution is 2.28. The number of rotatable bonds is 5. The van der Waals surface area contributed by atoms with Crippen LogP contribution in [-0.4, -0.2) is 18.0 Å². The first-order chi connectivity index (χ1) is 9.79. The van der Waals surface area contributed by atoms with Crippen molar-refractivity contribution in [3.63, 3.8) is 0 Å². The van der Waals surface area contributed by atoms with Crippen molar-refractivity contribution in [1.29, 1.82) is 0 Å². The normalized spacial score (nSPS) is 11.9. The van der Waals surface area contributed by atoms with E-state index in [1.54, 1.807) is 13.0 Å². The Labute approximate surface area is 124 Å². The van der Waals surface area contributed by atoms with Crippen LogP contribution in [0.3, 0.4) is 0 Å². The molecule has 1 aromatic carbocycles. The van der Waals surface area contributed by atoms with Crippen molar-refractivity contribution in [2.75, 3.05) is 0 Å². The lowest BCUT2D eigenvalue weighted by Gasteiger charge is -2.11. The fourth-order valence-electron chi connectivity index (χ4n) is 1.70. The van der Waals surface area contributed by atoms with E-state index in [1.165, 1.54) is 18.3 Å². The molecule has 2 rings (SSSR count). The lowest BCUT2D eigenvalue weighted by atomic mass is 10.2. The Hall–Kier alpha value is -1.67. The second-order valence-corrected chi connectivity index (χ2v) is 6.74. The Kier molecular flexibility index (Phi) is 4.48. The third kappa shape index (κ3) is 3.70. The molecule has 5 nitrogen and oxygen atoms in total. The molecular formula is C12H11ClF2N2O3S. The second kappa shape index (κ2) is 5.98. The van der Waals surface area contributed by atoms with E-state index in [1.807, 2.05) is 0 Å². The molecule has 0 bridgehead atoms. The van der Waals surface area contributed by atoms with Gasteiger partial charge in [0, 0.05) is 23.1 Å². The topological polar surface area (TPSA) is 61.2 Å². The predicted molar refractivity (Wildman–Crippen MR) is 72.0 cm³/mol. The van der Waals surface area contributed by atoms with Crippen LogP contribution in [0.1, 0.15) is 17.9 Å². The quantitative estimate of drug-likeness (QED) is 0.787. The molecule has 0 fully saturated rings. The van der Waals surface area contributed by atoms with Crippen LogP contribution < -0.4 is 4.74 Å². The number of imidazole rings is 1. The fourth-order valence-corrected chi connectivity index (χ4v) is 2.76. The van der Waals surface area contributed by atoms with Crippen LogP contribution in [-0.2, 0) is 15.7 Å². The molecule has 0 aliphatic rings. The Morgan fingerprint density at radius 2 is 2.14 bits per heavy atom. The summed E-state index contributed by atoms with van der Waals surface area (Å²) < 4.78 is 54.2. The van der Waals surface area contributed by atoms with Crippen molar-refractivity contribution in [1.82, 2.24) is 9.55 Å². The van der Waals surface area contributed by atoms with Crippen molar-refractivity contribution in [2.24, 2.45) is 0 Å². The van der Waals surface area contributed by atoms with Gasteiger partial charge in [-0.3, -0.25) is 4.57 Å². The summed E-state index contributed by atoms with van der Waals surface area (Å²) >= 11 is 0. The number of alkyl halides is 2. The molecule has 0 atom stereocenters. The van der Waals surface area contributed by atoms with Crippen LogP contribution in [0.25, 0.3) is 0 Å². The summed E-state index contributed by atoms with van der Waals surface area (Å²) in [5, 5.41) is 0. The van der Waals surface area contributed by atoms with Gasteiger partial charge in [-0.15, -0.1) is 0 Å². The van der Waals surface area contributed by atoms with Gasteiger partial charge in [-0.25, -0.2) is 13.4 Å². The average Bonchev–Trinajstić information content (AvgIpc) is 2.84. The number of benzene rings is 1. The second-order valence-electron chi connectivity index (χ2n) is 4.21. The van der Waals surface area contributed by atoms with Crippen LogP contribution in [0, 0.1) is 6.92 Å². The van der Waals surface area contributed by atoms with Crippen LogP contribution in [0.2, 0.25) is 0 Å². The summed E-state index contributed by atoms with van der Waals surface area (Å²) in [5.74, 6) is -0.0390. The molecular weight excluding hydrogens is 326 g/mol. The lowest BCUT2D eigenvalue weighted by molar-refractivity contribution is 0.0631. The van der Waals surface area contributed by atoms with Gasteiger partial charge in [0.2, 0.25) is 0 Å². The van der Waals surface area contributed by atoms with Gasteiger partial charge in [0.15, 0.2) is 5.82 Å². The number of halogens is 3. The fraction of sp³-hybridized carbons (Fsp3) is 0.250. The van der Waals surface area contributed by atoms with Crippen LogP contribution >= 0.6 is 10.7 Å². The molecule has 0 radical (unpaired) electrons. The average molecular weight is 337 g/mol. The molecule has 1 aromatic heterocycles. The van der Waals surface area contributed by atoms with Crippen molar-refractivity contribution in [3.8, 4) is 5.75 Å². The Morgan fingerprint density at radius 1 is 1.43 bits per heavy atom. The highest BCUT2D eigenvalue weighted by Gasteiger charge is 2.18. The molecule has 114 valence electrons. The van der Waals surface area contributed by atoms with Gasteiger partial charge in [-0.05, 0) is 24.6 Å². The first-order valence-corrected chi connectivity index (χ1v) is 8.08. The minimum atomic E-state index is -4.00. The zero-order valence-corrected chi connectivity index (χ0v) is 12.4. The largest absolute Gasteiger partial charge is 0.484 e. The van der Waals surface area contributed by atoms with E-state index in [-0.39, 0.29) is 23.1 Å². The van der Waals surface area contributed by atoms with Crippen molar-refractivity contribution < 1.29 is 21.9 Å². The summed E-state index contributed by atoms with van der Waals surface area (Å²) in [6, 6.07) is 4.39. The smallest absolute Gasteiger partial charge is 0.320 e. The molecule has 0 N–H and O–H groups in total. The zero-order chi connectivity index (χ0) is 15.6. The Balaban J connectivity index is 2.27. The Morgan fingerprint density at radius 3 is 2.76 bits per heavy atom. The monoisotopic (exact) mass is 336 g/mol. The molecule has 21 heavy (non-hydrogen) atoms. The summed E-state index contributed by atoms with van der Waals surface area (Å²) in [6.07, 6.45) is 2.32. The van der Waals surface area contributed by atoms with E-state index in [4.69, 9.17) is 15.4 Å². The number of ether oxygens (including phenoxy) is 1. The number of aryl methyl sites for hydroxylation is 1. The van der Waals surface area contributed by atoms with Crippen LogP contribution in [0.4, 0.5) is 8.78 Å². The number of nitrogens with zero attached hydrogens (tertiary/aromatic N) is 2. The maximum Gasteiger partial charge on any atom is 0.320 e. The number of hydrogen-bond donors (Lipinski definition) is 0. The van der Waals surface area contributed by atoms with E-state index >= 15 is 0 Å². The molecule has 9 heteroatoms. The summed E-state index contributed by atoms with van der Waals surface area (Å²) in [6.45, 7) is -1.36. The maximum atomic E-state index is 12.7. The van der Waals surface area contributed by atoms with Crippen LogP contribution in [0.5, 0.6) is 5.75 Å². The van der Waals surface area contributed by atoms with E-state index < -0.39 is 15.6 Å². The number of hydrogen-bond acceptors (Lipinski definition) is 4. The summed E-state index contributed by atoms with van der Waals surface area (Å²) in [7, 11) is 1.33. The first-order valence-electron chi connectivity index (χ1n) is 5.77. The summed E-state index contributed by atoms with van der Waals surface area (Å²) in [4.78, 5) is 3.53. The van der Waals surface area contributed by atoms with Gasteiger partial charge >= 0.3 is 6.55 Å². The van der Waals surface area contributed by atoms with Gasteiger partial charge < -0.3 is 4.74 Å². The molecule has 0 saturated heterocycles. The first kappa shape index (κ1) is 15.7. The van der Waals surface area contributed by atoms with Gasteiger partial charge in [-0.2, -0.15) is 8.78 Å². The van der Waals surface area contributed by atoms with Gasteiger partial charge in [0.05, 0.1) is 0 Å². The third-order valence-electron chi connectivity index (χ3n) is 2.68. The van der Waals surface area contributed by atoms with Gasteiger partial charge in [-0.1, -0.05) is 6.07 Å². The minimum absolute atomic E-state index is 0.0144. The number of aromatic nitrogens is 2. The molecule has 0 spiro atoms. The zero-order valence-electron chi connectivity index (χ0n) is 10.8. The molecule has 0 amide bonds. The lowest BCUT2D eigenvalue weighted by Crippen LogP contribution is -2.08. The predicted octanol–water partition coefficient (Wildman–Crippen LogP) is 3.09. The van der Waals surface area contributed by atoms with E-state index in [2.05, 4.69) is 4.98 Å². The molecule has 1 heterocycles. The highest BCUT2D eigenvalue weighted by atomic mass is 35.7. The minimum Gasteiger partial charge on any atom is -0.484 e. The van der Waals surface area contributed by atoms with Gasteiger partial charge in [0.25, 0.3) is 9.05 Å². The van der Waals surface area contributed by atoms with Crippen LogP contribution in [0.15, 0.2) is 35.5 Å². The maximum absolute atomic E-state index is 12.7. The molecule has 0 unspecified atom stereocenters. The van der Waals surface area contributed by atoms with E-state index in [0.717, 1.165) is 6.20 Å². The molecule has 0 aliphatic heterocycles. The summed E-state index contributed by atoms with van der Waals surface area (Å²) in [5.41, 5.74) is 0.677. The SMILES string of the molecule is Cc1ccc(OCc2nccn2C(F)F)c(S(=O)(=O)Cl)c1.